The van der Waals surface area contributed by atoms with Gasteiger partial charge in [-0.05, 0) is 0 Å². The fourth-order valence-electron chi connectivity index (χ4n) is 0.633. The topological polar surface area (TPSA) is 73.1 Å². The summed E-state index contributed by atoms with van der Waals surface area (Å²) in [6.07, 6.45) is 0. The average Bonchev–Trinajstić information content (AvgIpc) is 1.82. The van der Waals surface area contributed by atoms with E-state index in [1.807, 2.05) is 0 Å². The third kappa shape index (κ3) is 2.05. The molecule has 2 N–H and O–H groups in total. The Morgan fingerprint density at radius 3 is 2.50 bits per heavy atom. The van der Waals surface area contributed by atoms with E-state index in [-0.39, 0.29) is 5.82 Å². The molecule has 0 aliphatic heterocycles. The van der Waals surface area contributed by atoms with Gasteiger partial charge in [0.1, 0.15) is 5.82 Å². The van der Waals surface area contributed by atoms with Crippen molar-refractivity contribution in [2.24, 2.45) is 0 Å². The molecule has 7 heteroatoms. The highest BCUT2D eigenvalue weighted by Gasteiger charge is 2.12. The molecule has 4 nitrogen and oxygen atoms in total. The minimum absolute atomic E-state index is 0.228. The summed E-state index contributed by atoms with van der Waals surface area (Å²) in [5, 5.41) is 0. The lowest BCUT2D eigenvalue weighted by Gasteiger charge is -1.96. The molecule has 66 valence electrons. The molecule has 0 aliphatic rings. The van der Waals surface area contributed by atoms with Crippen molar-refractivity contribution in [1.29, 1.82) is 0 Å². The van der Waals surface area contributed by atoms with Gasteiger partial charge in [0.05, 0.1) is 4.90 Å². The second-order valence-electron chi connectivity index (χ2n) is 1.99. The summed E-state index contributed by atoms with van der Waals surface area (Å²) in [6, 6.07) is 1.67. The van der Waals surface area contributed by atoms with Gasteiger partial charge in [-0.2, -0.15) is 4.39 Å². The number of nitrogens with zero attached hydrogens (tertiary/aromatic N) is 1. The fourth-order valence-corrected chi connectivity index (χ4v) is 1.40. The third-order valence-corrected chi connectivity index (χ3v) is 2.40. The van der Waals surface area contributed by atoms with Crippen LogP contribution in [0.1, 0.15) is 0 Å². The first-order valence-electron chi connectivity index (χ1n) is 2.77. The van der Waals surface area contributed by atoms with E-state index in [0.717, 1.165) is 6.07 Å². The van der Waals surface area contributed by atoms with Gasteiger partial charge in [-0.1, -0.05) is 0 Å². The van der Waals surface area contributed by atoms with Crippen LogP contribution in [-0.4, -0.2) is 13.4 Å². The lowest BCUT2D eigenvalue weighted by molar-refractivity contribution is 0.576. The zero-order chi connectivity index (χ0) is 9.35. The minimum Gasteiger partial charge on any atom is -0.384 e. The summed E-state index contributed by atoms with van der Waals surface area (Å²) >= 11 is 0. The highest BCUT2D eigenvalue weighted by molar-refractivity contribution is 8.13. The third-order valence-electron chi connectivity index (χ3n) is 1.07. The van der Waals surface area contributed by atoms with E-state index in [4.69, 9.17) is 16.4 Å². The zero-order valence-electron chi connectivity index (χ0n) is 5.66. The lowest BCUT2D eigenvalue weighted by atomic mass is 10.5. The molecule has 0 aliphatic carbocycles. The van der Waals surface area contributed by atoms with Crippen LogP contribution in [0.5, 0.6) is 0 Å². The van der Waals surface area contributed by atoms with Crippen LogP contribution in [0.3, 0.4) is 0 Å². The standard InChI is InChI=1S/C5H4ClFN2O2S/c6-12(10,11)3-1-4(7)9-5(8)2-3/h1-2H,(H2,8,9). The van der Waals surface area contributed by atoms with Gasteiger partial charge < -0.3 is 5.73 Å². The van der Waals surface area contributed by atoms with Gasteiger partial charge >= 0.3 is 0 Å². The fraction of sp³-hybridized carbons (Fsp3) is 0. The molecule has 12 heavy (non-hydrogen) atoms. The molecule has 0 radical (unpaired) electrons. The summed E-state index contributed by atoms with van der Waals surface area (Å²) in [5.41, 5.74) is 5.08. The Hall–Kier alpha value is -0.880. The molecule has 0 saturated heterocycles. The van der Waals surface area contributed by atoms with Gasteiger partial charge in [0, 0.05) is 22.8 Å². The van der Waals surface area contributed by atoms with Gasteiger partial charge in [0.2, 0.25) is 5.95 Å². The maximum absolute atomic E-state index is 12.4. The van der Waals surface area contributed by atoms with Crippen LogP contribution in [0.4, 0.5) is 10.2 Å². The Morgan fingerprint density at radius 1 is 1.50 bits per heavy atom. The monoisotopic (exact) mass is 210 g/mol. The molecular formula is C5H4ClFN2O2S. The minimum atomic E-state index is -3.94. The Kier molecular flexibility index (Phi) is 2.20. The molecule has 0 aromatic carbocycles. The normalized spacial score (nSPS) is 11.5. The SMILES string of the molecule is Nc1cc(S(=O)(=O)Cl)cc(F)n1. The number of hydrogen-bond donors (Lipinski definition) is 1. The van der Waals surface area contributed by atoms with Crippen molar-refractivity contribution >= 4 is 25.6 Å². The second kappa shape index (κ2) is 2.87. The van der Waals surface area contributed by atoms with Crippen molar-refractivity contribution in [2.45, 2.75) is 4.90 Å². The van der Waals surface area contributed by atoms with Crippen molar-refractivity contribution < 1.29 is 12.8 Å². The first kappa shape index (κ1) is 9.21. The Bertz CT molecular complexity index is 386. The van der Waals surface area contributed by atoms with Crippen molar-refractivity contribution in [3.63, 3.8) is 0 Å². The van der Waals surface area contributed by atoms with E-state index >= 15 is 0 Å². The highest BCUT2D eigenvalue weighted by Crippen LogP contribution is 2.16. The van der Waals surface area contributed by atoms with Crippen LogP contribution < -0.4 is 5.73 Å². The van der Waals surface area contributed by atoms with Gasteiger partial charge in [0.25, 0.3) is 9.05 Å². The molecule has 0 amide bonds. The van der Waals surface area contributed by atoms with Crippen molar-refractivity contribution in [3.8, 4) is 0 Å². The maximum atomic E-state index is 12.4. The van der Waals surface area contributed by atoms with Crippen LogP contribution in [0.25, 0.3) is 0 Å². The molecule has 1 heterocycles. The van der Waals surface area contributed by atoms with E-state index in [1.54, 1.807) is 0 Å². The summed E-state index contributed by atoms with van der Waals surface area (Å²) in [7, 11) is 0.989. The maximum Gasteiger partial charge on any atom is 0.261 e. The smallest absolute Gasteiger partial charge is 0.261 e. The first-order chi connectivity index (χ1) is 5.39. The second-order valence-corrected chi connectivity index (χ2v) is 4.55. The number of nitrogen functional groups attached to an aromatic ring is 1. The number of rotatable bonds is 1. The quantitative estimate of drug-likeness (QED) is 0.548. The number of nitrogens with two attached hydrogens (primary N) is 1. The molecule has 0 bridgehead atoms. The van der Waals surface area contributed by atoms with E-state index in [1.165, 1.54) is 0 Å². The van der Waals surface area contributed by atoms with Crippen LogP contribution in [0.15, 0.2) is 17.0 Å². The molecule has 0 saturated carbocycles. The Labute approximate surface area is 72.6 Å². The lowest BCUT2D eigenvalue weighted by Crippen LogP contribution is -1.98. The highest BCUT2D eigenvalue weighted by atomic mass is 35.7. The van der Waals surface area contributed by atoms with Gasteiger partial charge in [-0.25, -0.2) is 13.4 Å². The Balaban J connectivity index is 3.37. The summed E-state index contributed by atoms with van der Waals surface area (Å²) < 4.78 is 33.7. The van der Waals surface area contributed by atoms with Crippen molar-refractivity contribution in [2.75, 3.05) is 5.73 Å². The Morgan fingerprint density at radius 2 is 2.08 bits per heavy atom. The van der Waals surface area contributed by atoms with E-state index in [0.29, 0.717) is 6.07 Å². The first-order valence-corrected chi connectivity index (χ1v) is 5.08. The predicted octanol–water partition coefficient (Wildman–Crippen LogP) is 0.730. The molecule has 1 aromatic heterocycles. The summed E-state index contributed by atoms with van der Waals surface area (Å²) in [4.78, 5) is 2.74. The van der Waals surface area contributed by atoms with Crippen LogP contribution in [-0.2, 0) is 9.05 Å². The molecule has 0 fully saturated rings. The molecule has 0 spiro atoms. The van der Waals surface area contributed by atoms with Crippen LogP contribution in [0.2, 0.25) is 0 Å². The average molecular weight is 211 g/mol. The molecule has 0 atom stereocenters. The van der Waals surface area contributed by atoms with E-state index < -0.39 is 19.9 Å². The number of halogens is 2. The van der Waals surface area contributed by atoms with Gasteiger partial charge in [0.15, 0.2) is 0 Å². The largest absolute Gasteiger partial charge is 0.384 e. The summed E-state index contributed by atoms with van der Waals surface area (Å²) in [5.74, 6) is -1.21. The zero-order valence-corrected chi connectivity index (χ0v) is 7.23. The van der Waals surface area contributed by atoms with E-state index in [9.17, 15) is 12.8 Å². The van der Waals surface area contributed by atoms with Crippen molar-refractivity contribution in [1.82, 2.24) is 4.98 Å². The molecule has 1 aromatic rings. The van der Waals surface area contributed by atoms with Gasteiger partial charge in [-0.3, -0.25) is 0 Å². The summed E-state index contributed by atoms with van der Waals surface area (Å²) in [6.45, 7) is 0. The molecule has 0 unspecified atom stereocenters. The van der Waals surface area contributed by atoms with Crippen LogP contribution in [0, 0.1) is 5.95 Å². The van der Waals surface area contributed by atoms with Crippen LogP contribution >= 0.6 is 10.7 Å². The predicted molar refractivity (Wildman–Crippen MR) is 41.6 cm³/mol. The van der Waals surface area contributed by atoms with E-state index in [2.05, 4.69) is 4.98 Å². The number of aromatic nitrogens is 1. The van der Waals surface area contributed by atoms with Crippen molar-refractivity contribution in [3.05, 3.63) is 18.1 Å². The van der Waals surface area contributed by atoms with Gasteiger partial charge in [-0.15, -0.1) is 0 Å². The molecule has 1 rings (SSSR count). The number of pyridine rings is 1. The number of hydrogen-bond acceptors (Lipinski definition) is 4. The number of anilines is 1. The molecular weight excluding hydrogens is 207 g/mol.